The lowest BCUT2D eigenvalue weighted by Crippen LogP contribution is -2.11. The van der Waals surface area contributed by atoms with Crippen LogP contribution < -0.4 is 0 Å². The number of rotatable bonds is 6. The number of pyridine rings is 2. The highest BCUT2D eigenvalue weighted by molar-refractivity contribution is 9.10. The fourth-order valence-electron chi connectivity index (χ4n) is 2.76. The highest BCUT2D eigenvalue weighted by atomic mass is 79.9. The summed E-state index contributed by atoms with van der Waals surface area (Å²) in [6, 6.07) is 13.1. The molecule has 1 aromatic carbocycles. The standard InChI is InChI=1S/C21H20BrN3O2/c1-25(2)12-17(21(26)15-6-4-5-14(9-15)13-27-3)18-7-8-19-20(24-18)10-16(22)11-23-19/h4-12H,13H2,1-3H3/b17-12+. The van der Waals surface area contributed by atoms with Crippen molar-refractivity contribution in [2.75, 3.05) is 21.2 Å². The smallest absolute Gasteiger partial charge is 0.196 e. The van der Waals surface area contributed by atoms with E-state index in [1.54, 1.807) is 19.5 Å². The van der Waals surface area contributed by atoms with Crippen molar-refractivity contribution >= 4 is 38.3 Å². The summed E-state index contributed by atoms with van der Waals surface area (Å²) in [4.78, 5) is 24.1. The van der Waals surface area contributed by atoms with E-state index in [-0.39, 0.29) is 5.78 Å². The zero-order chi connectivity index (χ0) is 19.4. The highest BCUT2D eigenvalue weighted by Gasteiger charge is 2.17. The van der Waals surface area contributed by atoms with Crippen molar-refractivity contribution in [2.45, 2.75) is 6.61 Å². The molecule has 3 aromatic rings. The quantitative estimate of drug-likeness (QED) is 0.434. The van der Waals surface area contributed by atoms with Crippen molar-refractivity contribution in [3.63, 3.8) is 0 Å². The fourth-order valence-corrected chi connectivity index (χ4v) is 3.08. The zero-order valence-corrected chi connectivity index (χ0v) is 17.0. The molecule has 0 bridgehead atoms. The molecule has 0 N–H and O–H groups in total. The molecule has 2 heterocycles. The molecule has 0 aliphatic carbocycles. The number of aromatic nitrogens is 2. The highest BCUT2D eigenvalue weighted by Crippen LogP contribution is 2.23. The maximum Gasteiger partial charge on any atom is 0.196 e. The minimum Gasteiger partial charge on any atom is -0.383 e. The van der Waals surface area contributed by atoms with E-state index in [0.29, 0.717) is 23.4 Å². The fraction of sp³-hybridized carbons (Fsp3) is 0.190. The molecule has 27 heavy (non-hydrogen) atoms. The summed E-state index contributed by atoms with van der Waals surface area (Å²) in [6.45, 7) is 0.460. The molecular weight excluding hydrogens is 406 g/mol. The van der Waals surface area contributed by atoms with Gasteiger partial charge in [0, 0.05) is 43.6 Å². The van der Waals surface area contributed by atoms with Gasteiger partial charge in [-0.3, -0.25) is 9.78 Å². The molecule has 0 saturated carbocycles. The molecule has 3 rings (SSSR count). The van der Waals surface area contributed by atoms with Crippen LogP contribution in [0.4, 0.5) is 0 Å². The van der Waals surface area contributed by atoms with Gasteiger partial charge in [-0.05, 0) is 45.8 Å². The van der Waals surface area contributed by atoms with Crippen LogP contribution in [0.3, 0.4) is 0 Å². The van der Waals surface area contributed by atoms with Crippen molar-refractivity contribution in [1.29, 1.82) is 0 Å². The van der Waals surface area contributed by atoms with Crippen LogP contribution in [-0.2, 0) is 11.3 Å². The maximum atomic E-state index is 13.2. The SMILES string of the molecule is COCc1cccc(C(=O)/C(=C/N(C)C)c2ccc3ncc(Br)cc3n2)c1. The second-order valence-corrected chi connectivity index (χ2v) is 7.27. The van der Waals surface area contributed by atoms with E-state index < -0.39 is 0 Å². The number of Topliss-reactive ketones (excluding diaryl/α,β-unsaturated/α-hetero) is 1. The molecule has 6 heteroatoms. The Labute approximate surface area is 166 Å². The minimum atomic E-state index is -0.0866. The Morgan fingerprint density at radius 1 is 1.19 bits per heavy atom. The molecule has 0 aliphatic heterocycles. The van der Waals surface area contributed by atoms with E-state index in [1.807, 2.05) is 61.5 Å². The lowest BCUT2D eigenvalue weighted by molar-refractivity contribution is 0.105. The van der Waals surface area contributed by atoms with Crippen LogP contribution in [0.2, 0.25) is 0 Å². The van der Waals surface area contributed by atoms with Crippen LogP contribution in [-0.4, -0.2) is 41.9 Å². The second-order valence-electron chi connectivity index (χ2n) is 6.36. The molecule has 0 amide bonds. The molecule has 0 aliphatic rings. The van der Waals surface area contributed by atoms with Crippen molar-refractivity contribution in [3.8, 4) is 0 Å². The number of nitrogens with zero attached hydrogens (tertiary/aromatic N) is 3. The topological polar surface area (TPSA) is 55.3 Å². The number of carbonyl (C=O) groups is 1. The van der Waals surface area contributed by atoms with E-state index in [2.05, 4.69) is 25.9 Å². The van der Waals surface area contributed by atoms with Crippen LogP contribution >= 0.6 is 15.9 Å². The van der Waals surface area contributed by atoms with Gasteiger partial charge in [0.2, 0.25) is 0 Å². The monoisotopic (exact) mass is 425 g/mol. The maximum absolute atomic E-state index is 13.2. The number of fused-ring (bicyclic) bond motifs is 1. The van der Waals surface area contributed by atoms with Crippen molar-refractivity contribution in [3.05, 3.63) is 76.2 Å². The number of hydrogen-bond donors (Lipinski definition) is 0. The summed E-state index contributed by atoms with van der Waals surface area (Å²) in [5.74, 6) is -0.0866. The van der Waals surface area contributed by atoms with Gasteiger partial charge in [-0.25, -0.2) is 4.98 Å². The summed E-state index contributed by atoms with van der Waals surface area (Å²) >= 11 is 3.42. The Kier molecular flexibility index (Phi) is 5.98. The van der Waals surface area contributed by atoms with Gasteiger partial charge in [-0.15, -0.1) is 0 Å². The van der Waals surface area contributed by atoms with Crippen LogP contribution in [0, 0.1) is 0 Å². The lowest BCUT2D eigenvalue weighted by Gasteiger charge is -2.12. The van der Waals surface area contributed by atoms with Crippen molar-refractivity contribution in [2.24, 2.45) is 0 Å². The number of ether oxygens (including phenoxy) is 1. The summed E-state index contributed by atoms with van der Waals surface area (Å²) in [5.41, 5.74) is 4.20. The first-order valence-corrected chi connectivity index (χ1v) is 9.20. The van der Waals surface area contributed by atoms with Gasteiger partial charge in [-0.1, -0.05) is 18.2 Å². The van der Waals surface area contributed by atoms with E-state index in [0.717, 1.165) is 21.1 Å². The third kappa shape index (κ3) is 4.59. The Morgan fingerprint density at radius 3 is 2.74 bits per heavy atom. The van der Waals surface area contributed by atoms with Gasteiger partial charge in [0.25, 0.3) is 0 Å². The van der Waals surface area contributed by atoms with Crippen LogP contribution in [0.5, 0.6) is 0 Å². The number of ketones is 1. The number of hydrogen-bond acceptors (Lipinski definition) is 5. The predicted octanol–water partition coefficient (Wildman–Crippen LogP) is 4.32. The third-order valence-corrected chi connectivity index (χ3v) is 4.35. The van der Waals surface area contributed by atoms with E-state index in [1.165, 1.54) is 0 Å². The van der Waals surface area contributed by atoms with Crippen LogP contribution in [0.1, 0.15) is 21.6 Å². The van der Waals surface area contributed by atoms with Gasteiger partial charge < -0.3 is 9.64 Å². The molecule has 5 nitrogen and oxygen atoms in total. The molecule has 0 fully saturated rings. The minimum absolute atomic E-state index is 0.0866. The third-order valence-electron chi connectivity index (χ3n) is 3.91. The number of methoxy groups -OCH3 is 1. The summed E-state index contributed by atoms with van der Waals surface area (Å²) in [7, 11) is 5.40. The molecule has 0 radical (unpaired) electrons. The Hall–Kier alpha value is -2.57. The molecule has 2 aromatic heterocycles. The van der Waals surface area contributed by atoms with E-state index >= 15 is 0 Å². The first-order valence-electron chi connectivity index (χ1n) is 8.41. The second kappa shape index (κ2) is 8.41. The summed E-state index contributed by atoms with van der Waals surface area (Å²) in [6.07, 6.45) is 3.53. The molecule has 0 saturated heterocycles. The van der Waals surface area contributed by atoms with Crippen LogP contribution in [0.25, 0.3) is 16.6 Å². The van der Waals surface area contributed by atoms with Gasteiger partial charge in [-0.2, -0.15) is 0 Å². The first-order chi connectivity index (χ1) is 13.0. The number of benzene rings is 1. The van der Waals surface area contributed by atoms with Gasteiger partial charge in [0.1, 0.15) is 0 Å². The van der Waals surface area contributed by atoms with Gasteiger partial charge >= 0.3 is 0 Å². The normalized spacial score (nSPS) is 11.6. The number of allylic oxidation sites excluding steroid dienone is 1. The molecule has 0 unspecified atom stereocenters. The summed E-state index contributed by atoms with van der Waals surface area (Å²) < 4.78 is 6.02. The van der Waals surface area contributed by atoms with Crippen molar-refractivity contribution < 1.29 is 9.53 Å². The zero-order valence-electron chi connectivity index (χ0n) is 15.4. The average molecular weight is 426 g/mol. The molecular formula is C21H20BrN3O2. The van der Waals surface area contributed by atoms with E-state index in [9.17, 15) is 4.79 Å². The average Bonchev–Trinajstić information content (AvgIpc) is 2.65. The largest absolute Gasteiger partial charge is 0.383 e. The molecule has 0 spiro atoms. The Balaban J connectivity index is 2.06. The summed E-state index contributed by atoms with van der Waals surface area (Å²) in [5, 5.41) is 0. The van der Waals surface area contributed by atoms with Gasteiger partial charge in [0.05, 0.1) is 28.9 Å². The molecule has 0 atom stereocenters. The number of halogens is 1. The Morgan fingerprint density at radius 2 is 2.00 bits per heavy atom. The lowest BCUT2D eigenvalue weighted by atomic mass is 9.99. The van der Waals surface area contributed by atoms with Gasteiger partial charge in [0.15, 0.2) is 5.78 Å². The molecule has 138 valence electrons. The Bertz CT molecular complexity index is 1020. The first kappa shape index (κ1) is 19.2. The predicted molar refractivity (Wildman–Crippen MR) is 110 cm³/mol. The number of carbonyl (C=O) groups excluding carboxylic acids is 1. The van der Waals surface area contributed by atoms with E-state index in [4.69, 9.17) is 4.74 Å². The van der Waals surface area contributed by atoms with Crippen molar-refractivity contribution in [1.82, 2.24) is 14.9 Å². The van der Waals surface area contributed by atoms with Crippen LogP contribution in [0.15, 0.2) is 59.3 Å².